The van der Waals surface area contributed by atoms with E-state index in [-0.39, 0.29) is 4.70 Å². The van der Waals surface area contributed by atoms with Gasteiger partial charge in [-0.1, -0.05) is 296 Å². The van der Waals surface area contributed by atoms with Gasteiger partial charge in [-0.25, -0.2) is 0 Å². The van der Waals surface area contributed by atoms with E-state index in [1.165, 1.54) is 82.0 Å². The molecule has 8 bridgehead atoms. The number of benzene rings is 8. The summed E-state index contributed by atoms with van der Waals surface area (Å²) in [5.41, 5.74) is 0. The molecule has 22 heteroatoms. The molecule has 86 heavy (non-hydrogen) atoms. The van der Waals surface area contributed by atoms with E-state index in [0.29, 0.717) is 41.5 Å². The molecule has 8 aromatic rings. The van der Waals surface area contributed by atoms with Crippen LogP contribution in [-0.2, 0) is 49.4 Å². The fraction of sp³-hybridized carbons (Fsp3) is 0.250. The molecule has 6 aliphatic heterocycles. The molecule has 0 aliphatic carbocycles. The van der Waals surface area contributed by atoms with Crippen molar-refractivity contribution >= 4 is 112 Å². The molecule has 6 aliphatic rings. The fourth-order valence-corrected chi connectivity index (χ4v) is 57.9. The summed E-state index contributed by atoms with van der Waals surface area (Å²) in [6, 6.07) is 76.9. The van der Waals surface area contributed by atoms with E-state index in [9.17, 15) is 0 Å². The molecule has 0 atom stereocenters. The molecule has 14 rings (SSSR count). The van der Waals surface area contributed by atoms with Crippen molar-refractivity contribution in [2.45, 2.75) is 79.1 Å². The van der Waals surface area contributed by atoms with Crippen molar-refractivity contribution in [3.8, 4) is 0 Å². The molecule has 6 heterocycles. The van der Waals surface area contributed by atoms with Gasteiger partial charge < -0.3 is 58.6 Å². The minimum Gasteiger partial charge on any atom is -1.00 e. The van der Waals surface area contributed by atoms with Crippen LogP contribution in [0.15, 0.2) is 243 Å². The molecule has 13 nitrogen and oxygen atoms in total. The molecule has 0 amide bonds. The lowest BCUT2D eigenvalue weighted by molar-refractivity contribution is -0.929. The Labute approximate surface area is 515 Å². The van der Waals surface area contributed by atoms with Crippen molar-refractivity contribution in [1.29, 1.82) is 0 Å². The highest BCUT2D eigenvalue weighted by Gasteiger charge is 2.86. The van der Waals surface area contributed by atoms with E-state index in [1.54, 1.807) is 0 Å². The lowest BCUT2D eigenvalue weighted by Gasteiger charge is -2.62. The average Bonchev–Trinajstić information content (AvgIpc) is 0.672. The van der Waals surface area contributed by atoms with Crippen molar-refractivity contribution in [3.63, 3.8) is 0 Å². The van der Waals surface area contributed by atoms with Crippen LogP contribution in [0.3, 0.4) is 0 Å². The van der Waals surface area contributed by atoms with Gasteiger partial charge in [-0.05, 0) is 25.7 Å². The first-order valence-electron chi connectivity index (χ1n) is 30.3. The molecule has 448 valence electrons. The molecule has 6 saturated heterocycles. The van der Waals surface area contributed by atoms with E-state index in [2.05, 4.69) is 27.7 Å². The predicted molar refractivity (Wildman–Crippen MR) is 347 cm³/mol. The number of unbranched alkanes of at least 4 members (excludes halogenated alkanes) is 4. The number of rotatable bonds is 20. The van der Waals surface area contributed by atoms with E-state index in [1.807, 2.05) is 243 Å². The minimum atomic E-state index is -4.73. The predicted octanol–water partition coefficient (Wildman–Crippen LogP) is 5.03. The maximum Gasteiger partial charge on any atom is 0.515 e. The Morgan fingerprint density at radius 2 is 0.326 bits per heavy atom. The second-order valence-electron chi connectivity index (χ2n) is 22.3. The Morgan fingerprint density at radius 3 is 0.430 bits per heavy atom. The Balaban J connectivity index is 0.000000374. The summed E-state index contributed by atoms with van der Waals surface area (Å²) in [5, 5.41) is 4.57. The summed E-state index contributed by atoms with van der Waals surface area (Å²) in [6.45, 7) is 15.0. The highest BCUT2D eigenvalue weighted by Crippen LogP contribution is 2.48. The molecule has 8 aromatic carbocycles. The zero-order chi connectivity index (χ0) is 58.4. The molecular formula is C64H76FNO12Si8. The summed E-state index contributed by atoms with van der Waals surface area (Å²) in [6.07, 6.45) is 11.1. The van der Waals surface area contributed by atoms with E-state index in [4.69, 9.17) is 49.4 Å². The third kappa shape index (κ3) is 12.1. The molecule has 0 N–H and O–H groups in total. The molecule has 0 unspecified atom stereocenters. The third-order valence-corrected chi connectivity index (χ3v) is 50.3. The SMILES string of the molecule is CCCC[N+](CCCC)(CCCC)CCCC.[F-].c1ccc([Si]23O[Si]4(c5ccccc5)O[Si]5(c6ccccc6)O[Si](c6ccccc6)(O2)O[Si]2(c6ccccc6)O[Si](c6ccccc6)(O3)O[Si](c3ccccc3)(O4)O[Si](c3ccccc3)(O5)O2)cc1. The second kappa shape index (κ2) is 26.5. The Hall–Kier alpha value is -5.09. The maximum atomic E-state index is 8.10. The highest BCUT2D eigenvalue weighted by atomic mass is 28.6. The van der Waals surface area contributed by atoms with Gasteiger partial charge in [0.05, 0.1) is 26.2 Å². The van der Waals surface area contributed by atoms with Gasteiger partial charge in [-0.15, -0.1) is 0 Å². The standard InChI is InChI=1S/C48H40O12Si8.C16H36N.FH/c1-9-25-41(26-10-1)61-49-62(42-27-11-2-12-28-42)52-65(45-33-17-5-18-34-45)54-63(50-61,43-29-13-3-14-30-43)56-67(47-37-21-7-22-38-47)57-64(51-61,44-31-15-4-16-32-44)55-66(53-62,46-35-19-6-20-36-46)59-68(58-65,60-67)48-39-23-8-24-40-48;1-5-9-13-17(14-10-6-2,15-11-7-3)16-12-8-4;/h1-40H;5-16H2,1-4H3;1H/q;+1;/p-1. The van der Waals surface area contributed by atoms with Crippen molar-refractivity contribution < 1.29 is 58.6 Å². The van der Waals surface area contributed by atoms with Crippen LogP contribution in [-0.4, -0.2) is 101 Å². The summed E-state index contributed by atoms with van der Waals surface area (Å²) in [5.74, 6) is 0. The molecule has 0 spiro atoms. The van der Waals surface area contributed by atoms with Crippen LogP contribution in [0.25, 0.3) is 0 Å². The molecular weight excluding hydrogens is 1220 g/mol. The fourth-order valence-electron chi connectivity index (χ4n) is 11.8. The van der Waals surface area contributed by atoms with Crippen molar-refractivity contribution in [2.75, 3.05) is 26.2 Å². The van der Waals surface area contributed by atoms with Gasteiger partial charge in [0.25, 0.3) is 0 Å². The first kappa shape index (κ1) is 62.5. The first-order valence-corrected chi connectivity index (χ1v) is 44.1. The lowest BCUT2D eigenvalue weighted by atomic mass is 10.1. The van der Waals surface area contributed by atoms with Crippen LogP contribution in [0.5, 0.6) is 0 Å². The topological polar surface area (TPSA) is 111 Å². The van der Waals surface area contributed by atoms with Crippen molar-refractivity contribution in [3.05, 3.63) is 243 Å². The molecule has 0 saturated carbocycles. The number of quaternary nitrogens is 1. The maximum absolute atomic E-state index is 8.10. The van der Waals surface area contributed by atoms with Gasteiger partial charge in [-0.3, -0.25) is 0 Å². The number of halogens is 1. The van der Waals surface area contributed by atoms with Crippen LogP contribution < -0.4 is 46.2 Å². The van der Waals surface area contributed by atoms with Gasteiger partial charge in [0.15, 0.2) is 0 Å². The van der Waals surface area contributed by atoms with Crippen molar-refractivity contribution in [2.24, 2.45) is 0 Å². The minimum absolute atomic E-state index is 0. The van der Waals surface area contributed by atoms with Crippen LogP contribution in [0.2, 0.25) is 0 Å². The summed E-state index contributed by atoms with van der Waals surface area (Å²) in [7, 11) is -37.9. The van der Waals surface area contributed by atoms with Crippen LogP contribution in [0.1, 0.15) is 79.1 Å². The van der Waals surface area contributed by atoms with Crippen molar-refractivity contribution in [1.82, 2.24) is 0 Å². The normalized spacial score (nSPS) is 29.0. The van der Waals surface area contributed by atoms with Crippen LogP contribution >= 0.6 is 0 Å². The van der Waals surface area contributed by atoms with E-state index in [0.717, 1.165) is 0 Å². The Bertz CT molecular complexity index is 2690. The van der Waals surface area contributed by atoms with E-state index >= 15 is 0 Å². The zero-order valence-corrected chi connectivity index (χ0v) is 57.3. The van der Waals surface area contributed by atoms with Crippen LogP contribution in [0, 0.1) is 0 Å². The monoisotopic (exact) mass is 1290 g/mol. The first-order chi connectivity index (χ1) is 41.6. The zero-order valence-electron chi connectivity index (χ0n) is 49.3. The van der Waals surface area contributed by atoms with Gasteiger partial charge in [-0.2, -0.15) is 0 Å². The number of hydrogen-bond acceptors (Lipinski definition) is 12. The lowest BCUT2D eigenvalue weighted by Crippen LogP contribution is -3.00. The largest absolute Gasteiger partial charge is 1.00 e. The van der Waals surface area contributed by atoms with Gasteiger partial charge in [0.2, 0.25) is 0 Å². The summed E-state index contributed by atoms with van der Waals surface area (Å²) < 4.78 is 98.7. The second-order valence-corrected chi connectivity index (χ2v) is 45.6. The van der Waals surface area contributed by atoms with Gasteiger partial charge in [0.1, 0.15) is 0 Å². The number of hydrogen-bond donors (Lipinski definition) is 0. The Morgan fingerprint density at radius 1 is 0.209 bits per heavy atom. The smallest absolute Gasteiger partial charge is 0.515 e. The third-order valence-electron chi connectivity index (χ3n) is 16.2. The summed E-state index contributed by atoms with van der Waals surface area (Å²) >= 11 is 0. The van der Waals surface area contributed by atoms with Gasteiger partial charge >= 0.3 is 70.4 Å². The molecule has 0 aromatic heterocycles. The average molecular weight is 1290 g/mol. The Kier molecular flexibility index (Phi) is 19.3. The summed E-state index contributed by atoms with van der Waals surface area (Å²) in [4.78, 5) is 0. The van der Waals surface area contributed by atoms with Gasteiger partial charge in [0, 0.05) is 41.5 Å². The number of nitrogens with zero attached hydrogens (tertiary/aromatic N) is 1. The van der Waals surface area contributed by atoms with Crippen LogP contribution in [0.4, 0.5) is 0 Å². The molecule has 6 fully saturated rings. The molecule has 0 radical (unpaired) electrons. The quantitative estimate of drug-likeness (QED) is 0.0755. The highest BCUT2D eigenvalue weighted by molar-refractivity contribution is 7.14. The van der Waals surface area contributed by atoms with E-state index < -0.39 is 70.4 Å².